The molecular formula is C9H14N4O. The van der Waals surface area contributed by atoms with Crippen LogP contribution in [0.5, 0.6) is 5.88 Å². The number of rotatable bonds is 5. The normalized spacial score (nSPS) is 9.57. The smallest absolute Gasteiger partial charge is 0.218 e. The zero-order valence-corrected chi connectivity index (χ0v) is 8.16. The summed E-state index contributed by atoms with van der Waals surface area (Å²) in [4.78, 5) is 8.12. The molecule has 0 atom stereocenters. The number of aromatic nitrogens is 2. The van der Waals surface area contributed by atoms with Crippen LogP contribution in [-0.4, -0.2) is 16.6 Å². The molecule has 1 rings (SSSR count). The summed E-state index contributed by atoms with van der Waals surface area (Å²) in [5.41, 5.74) is 2.45. The van der Waals surface area contributed by atoms with E-state index < -0.39 is 0 Å². The lowest BCUT2D eigenvalue weighted by atomic mass is 10.4. The molecular weight excluding hydrogens is 180 g/mol. The molecule has 0 amide bonds. The Morgan fingerprint density at radius 2 is 2.43 bits per heavy atom. The van der Waals surface area contributed by atoms with Crippen molar-refractivity contribution in [3.8, 4) is 5.88 Å². The minimum Gasteiger partial charge on any atom is -0.477 e. The molecule has 1 aromatic rings. The van der Waals surface area contributed by atoms with Crippen molar-refractivity contribution in [2.75, 3.05) is 12.0 Å². The molecule has 0 saturated carbocycles. The van der Waals surface area contributed by atoms with Gasteiger partial charge in [-0.25, -0.2) is 10.8 Å². The lowest BCUT2D eigenvalue weighted by molar-refractivity contribution is 0.311. The van der Waals surface area contributed by atoms with Gasteiger partial charge < -0.3 is 10.2 Å². The van der Waals surface area contributed by atoms with Crippen LogP contribution in [0.2, 0.25) is 0 Å². The lowest BCUT2D eigenvalue weighted by Gasteiger charge is -2.06. The van der Waals surface area contributed by atoms with Crippen LogP contribution in [-0.2, 0) is 0 Å². The Bertz CT molecular complexity index is 314. The van der Waals surface area contributed by atoms with Gasteiger partial charge in [-0.05, 0) is 13.3 Å². The third-order valence-corrected chi connectivity index (χ3v) is 1.53. The van der Waals surface area contributed by atoms with E-state index in [-0.39, 0.29) is 0 Å². The SMILES string of the molecule is C=CCCOc1cc(NN)nc(C)n1. The highest BCUT2D eigenvalue weighted by Crippen LogP contribution is 2.12. The number of nitrogens with two attached hydrogens (primary N) is 1. The Morgan fingerprint density at radius 1 is 1.64 bits per heavy atom. The number of nitrogens with zero attached hydrogens (tertiary/aromatic N) is 2. The Kier molecular flexibility index (Phi) is 3.87. The van der Waals surface area contributed by atoms with Crippen molar-refractivity contribution in [1.29, 1.82) is 0 Å². The van der Waals surface area contributed by atoms with E-state index in [4.69, 9.17) is 10.6 Å². The van der Waals surface area contributed by atoms with Crippen LogP contribution < -0.4 is 16.0 Å². The molecule has 0 fully saturated rings. The predicted molar refractivity (Wildman–Crippen MR) is 54.9 cm³/mol. The maximum Gasteiger partial charge on any atom is 0.218 e. The molecule has 0 spiro atoms. The maximum atomic E-state index is 5.35. The zero-order chi connectivity index (χ0) is 10.4. The topological polar surface area (TPSA) is 73.1 Å². The van der Waals surface area contributed by atoms with Crippen molar-refractivity contribution < 1.29 is 4.74 Å². The van der Waals surface area contributed by atoms with Crippen LogP contribution in [0.4, 0.5) is 5.82 Å². The van der Waals surface area contributed by atoms with E-state index in [0.29, 0.717) is 24.1 Å². The second-order valence-electron chi connectivity index (χ2n) is 2.71. The van der Waals surface area contributed by atoms with Gasteiger partial charge in [0, 0.05) is 6.07 Å². The highest BCUT2D eigenvalue weighted by atomic mass is 16.5. The number of aryl methyl sites for hydroxylation is 1. The van der Waals surface area contributed by atoms with Crippen LogP contribution in [0.25, 0.3) is 0 Å². The summed E-state index contributed by atoms with van der Waals surface area (Å²) >= 11 is 0. The van der Waals surface area contributed by atoms with E-state index >= 15 is 0 Å². The first-order chi connectivity index (χ1) is 6.76. The Morgan fingerprint density at radius 3 is 3.07 bits per heavy atom. The summed E-state index contributed by atoms with van der Waals surface area (Å²) in [7, 11) is 0. The van der Waals surface area contributed by atoms with Crippen molar-refractivity contribution in [3.63, 3.8) is 0 Å². The van der Waals surface area contributed by atoms with E-state index in [1.807, 2.05) is 0 Å². The molecule has 5 nitrogen and oxygen atoms in total. The summed E-state index contributed by atoms with van der Waals surface area (Å²) < 4.78 is 5.35. The summed E-state index contributed by atoms with van der Waals surface area (Å²) in [5.74, 6) is 6.92. The second kappa shape index (κ2) is 5.18. The van der Waals surface area contributed by atoms with Crippen LogP contribution >= 0.6 is 0 Å². The molecule has 5 heteroatoms. The fourth-order valence-electron chi connectivity index (χ4n) is 0.935. The minimum atomic E-state index is 0.521. The van der Waals surface area contributed by atoms with Gasteiger partial charge in [-0.15, -0.1) is 6.58 Å². The molecule has 0 radical (unpaired) electrons. The molecule has 3 N–H and O–H groups in total. The molecule has 0 aliphatic carbocycles. The van der Waals surface area contributed by atoms with Gasteiger partial charge in [0.05, 0.1) is 6.61 Å². The minimum absolute atomic E-state index is 0.521. The van der Waals surface area contributed by atoms with Crippen molar-refractivity contribution >= 4 is 5.82 Å². The molecule has 0 unspecified atom stereocenters. The maximum absolute atomic E-state index is 5.35. The van der Waals surface area contributed by atoms with E-state index in [2.05, 4.69) is 22.0 Å². The molecule has 0 saturated heterocycles. The van der Waals surface area contributed by atoms with Gasteiger partial charge in [0.2, 0.25) is 5.88 Å². The fraction of sp³-hybridized carbons (Fsp3) is 0.333. The third-order valence-electron chi connectivity index (χ3n) is 1.53. The Balaban J connectivity index is 2.66. The number of ether oxygens (including phenoxy) is 1. The highest BCUT2D eigenvalue weighted by Gasteiger charge is 2.00. The molecule has 0 aliphatic rings. The van der Waals surface area contributed by atoms with Crippen LogP contribution in [0, 0.1) is 6.92 Å². The standard InChI is InChI=1S/C9H14N4O/c1-3-4-5-14-9-6-8(13-10)11-7(2)12-9/h3,6H,1,4-5,10H2,2H3,(H,11,12,13). The number of hydrazine groups is 1. The predicted octanol–water partition coefficient (Wildman–Crippen LogP) is 1.03. The first kappa shape index (κ1) is 10.5. The largest absolute Gasteiger partial charge is 0.477 e. The van der Waals surface area contributed by atoms with Crippen LogP contribution in [0.3, 0.4) is 0 Å². The summed E-state index contributed by atoms with van der Waals surface area (Å²) in [6.45, 7) is 5.94. The number of nitrogens with one attached hydrogen (secondary N) is 1. The van der Waals surface area contributed by atoms with Gasteiger partial charge >= 0.3 is 0 Å². The van der Waals surface area contributed by atoms with Crippen molar-refractivity contribution in [2.24, 2.45) is 5.84 Å². The van der Waals surface area contributed by atoms with E-state index in [9.17, 15) is 0 Å². The third kappa shape index (κ3) is 3.02. The number of hydrogen-bond donors (Lipinski definition) is 2. The Labute approximate surface area is 83.0 Å². The molecule has 1 aromatic heterocycles. The van der Waals surface area contributed by atoms with Crippen molar-refractivity contribution in [1.82, 2.24) is 9.97 Å². The number of hydrogen-bond acceptors (Lipinski definition) is 5. The lowest BCUT2D eigenvalue weighted by Crippen LogP contribution is -2.10. The van der Waals surface area contributed by atoms with Crippen LogP contribution in [0.1, 0.15) is 12.2 Å². The fourth-order valence-corrected chi connectivity index (χ4v) is 0.935. The molecule has 76 valence electrons. The molecule has 0 aromatic carbocycles. The van der Waals surface area contributed by atoms with Crippen LogP contribution in [0.15, 0.2) is 18.7 Å². The molecule has 14 heavy (non-hydrogen) atoms. The monoisotopic (exact) mass is 194 g/mol. The first-order valence-corrected chi connectivity index (χ1v) is 4.32. The Hall–Kier alpha value is -1.62. The summed E-state index contributed by atoms with van der Waals surface area (Å²) in [5, 5.41) is 0. The van der Waals surface area contributed by atoms with Gasteiger partial charge in [-0.3, -0.25) is 0 Å². The van der Waals surface area contributed by atoms with Gasteiger partial charge in [-0.1, -0.05) is 6.08 Å². The highest BCUT2D eigenvalue weighted by molar-refractivity contribution is 5.36. The van der Waals surface area contributed by atoms with E-state index in [1.165, 1.54) is 0 Å². The summed E-state index contributed by atoms with van der Waals surface area (Å²) in [6.07, 6.45) is 2.57. The van der Waals surface area contributed by atoms with E-state index in [1.54, 1.807) is 19.1 Å². The van der Waals surface area contributed by atoms with Crippen molar-refractivity contribution in [3.05, 3.63) is 24.5 Å². The molecule has 1 heterocycles. The number of anilines is 1. The average molecular weight is 194 g/mol. The zero-order valence-electron chi connectivity index (χ0n) is 8.16. The van der Waals surface area contributed by atoms with Gasteiger partial charge in [0.1, 0.15) is 11.6 Å². The summed E-state index contributed by atoms with van der Waals surface area (Å²) in [6, 6.07) is 1.65. The van der Waals surface area contributed by atoms with Gasteiger partial charge in [0.25, 0.3) is 0 Å². The molecule has 0 aliphatic heterocycles. The second-order valence-corrected chi connectivity index (χ2v) is 2.71. The van der Waals surface area contributed by atoms with Crippen molar-refractivity contribution in [2.45, 2.75) is 13.3 Å². The van der Waals surface area contributed by atoms with E-state index in [0.717, 1.165) is 6.42 Å². The average Bonchev–Trinajstić information content (AvgIpc) is 2.17. The van der Waals surface area contributed by atoms with Gasteiger partial charge in [-0.2, -0.15) is 4.98 Å². The number of nitrogen functional groups attached to an aromatic ring is 1. The van der Waals surface area contributed by atoms with Gasteiger partial charge in [0.15, 0.2) is 0 Å². The molecule has 0 bridgehead atoms. The quantitative estimate of drug-likeness (QED) is 0.317. The first-order valence-electron chi connectivity index (χ1n) is 4.32.